The first-order valence-corrected chi connectivity index (χ1v) is 7.13. The maximum atomic E-state index is 12.2. The molecule has 0 saturated carbocycles. The number of amides is 1. The molecular weight excluding hydrogens is 290 g/mol. The number of nitrogens with one attached hydrogen (secondary N) is 1. The van der Waals surface area contributed by atoms with E-state index in [1.165, 1.54) is 0 Å². The molecule has 0 aliphatic carbocycles. The number of benzene rings is 2. The Morgan fingerprint density at radius 3 is 2.48 bits per heavy atom. The summed E-state index contributed by atoms with van der Waals surface area (Å²) in [6.07, 6.45) is 1.66. The molecule has 2 N–H and O–H groups in total. The van der Waals surface area contributed by atoms with Crippen LogP contribution in [0.4, 0.5) is 0 Å². The zero-order chi connectivity index (χ0) is 16.2. The number of hydrogen-bond acceptors (Lipinski definition) is 4. The summed E-state index contributed by atoms with van der Waals surface area (Å²) in [5.41, 5.74) is 3.89. The van der Waals surface area contributed by atoms with Crippen molar-refractivity contribution in [3.05, 3.63) is 72.1 Å². The summed E-state index contributed by atoms with van der Waals surface area (Å²) in [4.78, 5) is 16.4. The van der Waals surface area contributed by atoms with E-state index in [9.17, 15) is 9.90 Å². The van der Waals surface area contributed by atoms with Gasteiger partial charge in [0.05, 0.1) is 17.0 Å². The summed E-state index contributed by atoms with van der Waals surface area (Å²) in [5, 5.41) is 15.8. The standard InChI is InChI=1S/C18H15N3O2/c1-12(16-8-4-5-9-19-16)20-21-18(23)15-10-13-6-2-3-7-14(13)11-17(15)22/h2-11,22H,1H3,(H,21,23). The fourth-order valence-electron chi connectivity index (χ4n) is 2.24. The van der Waals surface area contributed by atoms with E-state index in [-0.39, 0.29) is 11.3 Å². The molecule has 1 aromatic heterocycles. The number of rotatable bonds is 3. The van der Waals surface area contributed by atoms with Crippen molar-refractivity contribution in [1.82, 2.24) is 10.4 Å². The van der Waals surface area contributed by atoms with Crippen LogP contribution in [0.25, 0.3) is 10.8 Å². The zero-order valence-electron chi connectivity index (χ0n) is 12.5. The first-order valence-electron chi connectivity index (χ1n) is 7.13. The lowest BCUT2D eigenvalue weighted by Crippen LogP contribution is -2.19. The Balaban J connectivity index is 1.85. The second kappa shape index (κ2) is 6.27. The second-order valence-corrected chi connectivity index (χ2v) is 5.07. The van der Waals surface area contributed by atoms with Gasteiger partial charge in [0.1, 0.15) is 5.75 Å². The fourth-order valence-corrected chi connectivity index (χ4v) is 2.24. The molecule has 1 amide bonds. The van der Waals surface area contributed by atoms with Crippen LogP contribution in [0.1, 0.15) is 23.0 Å². The number of pyridine rings is 1. The fraction of sp³-hybridized carbons (Fsp3) is 0.0556. The maximum absolute atomic E-state index is 12.2. The lowest BCUT2D eigenvalue weighted by Gasteiger charge is -2.06. The summed E-state index contributed by atoms with van der Waals surface area (Å²) in [5.74, 6) is -0.546. The van der Waals surface area contributed by atoms with Gasteiger partial charge in [0, 0.05) is 6.20 Å². The molecule has 5 nitrogen and oxygen atoms in total. The predicted octanol–water partition coefficient (Wildman–Crippen LogP) is 3.09. The van der Waals surface area contributed by atoms with E-state index in [2.05, 4.69) is 15.5 Å². The molecule has 23 heavy (non-hydrogen) atoms. The van der Waals surface area contributed by atoms with Gasteiger partial charge in [0.2, 0.25) is 0 Å². The highest BCUT2D eigenvalue weighted by Gasteiger charge is 2.12. The van der Waals surface area contributed by atoms with Gasteiger partial charge in [-0.15, -0.1) is 0 Å². The third-order valence-corrected chi connectivity index (χ3v) is 3.47. The smallest absolute Gasteiger partial charge is 0.275 e. The second-order valence-electron chi connectivity index (χ2n) is 5.07. The molecule has 0 aliphatic rings. The minimum atomic E-state index is -0.469. The van der Waals surface area contributed by atoms with Crippen LogP contribution < -0.4 is 5.43 Å². The third kappa shape index (κ3) is 3.18. The van der Waals surface area contributed by atoms with Crippen molar-refractivity contribution in [2.75, 3.05) is 0 Å². The summed E-state index contributed by atoms with van der Waals surface area (Å²) >= 11 is 0. The normalized spacial score (nSPS) is 11.4. The topological polar surface area (TPSA) is 74.6 Å². The number of phenolic OH excluding ortho intramolecular Hbond substituents is 1. The average molecular weight is 305 g/mol. The molecule has 0 spiro atoms. The van der Waals surface area contributed by atoms with Gasteiger partial charge in [-0.2, -0.15) is 5.10 Å². The van der Waals surface area contributed by atoms with E-state index < -0.39 is 5.91 Å². The molecule has 1 heterocycles. The van der Waals surface area contributed by atoms with Gasteiger partial charge in [-0.3, -0.25) is 9.78 Å². The highest BCUT2D eigenvalue weighted by Crippen LogP contribution is 2.24. The van der Waals surface area contributed by atoms with Crippen molar-refractivity contribution in [2.45, 2.75) is 6.92 Å². The molecule has 3 aromatic rings. The monoisotopic (exact) mass is 305 g/mol. The van der Waals surface area contributed by atoms with Crippen LogP contribution in [-0.4, -0.2) is 21.7 Å². The summed E-state index contributed by atoms with van der Waals surface area (Å²) in [6.45, 7) is 1.75. The number of carbonyl (C=O) groups excluding carboxylic acids is 1. The van der Waals surface area contributed by atoms with Crippen LogP contribution in [0.5, 0.6) is 5.75 Å². The van der Waals surface area contributed by atoms with Gasteiger partial charge in [-0.25, -0.2) is 5.43 Å². The summed E-state index contributed by atoms with van der Waals surface area (Å²) < 4.78 is 0. The SMILES string of the molecule is CC(=NNC(=O)c1cc2ccccc2cc1O)c1ccccn1. The summed E-state index contributed by atoms with van der Waals surface area (Å²) in [6, 6.07) is 16.2. The molecule has 114 valence electrons. The quantitative estimate of drug-likeness (QED) is 0.577. The van der Waals surface area contributed by atoms with E-state index in [1.54, 1.807) is 31.3 Å². The predicted molar refractivity (Wildman–Crippen MR) is 89.5 cm³/mol. The number of fused-ring (bicyclic) bond motifs is 1. The van der Waals surface area contributed by atoms with E-state index in [0.717, 1.165) is 10.8 Å². The van der Waals surface area contributed by atoms with E-state index in [4.69, 9.17) is 0 Å². The van der Waals surface area contributed by atoms with Crippen LogP contribution in [0.2, 0.25) is 0 Å². The third-order valence-electron chi connectivity index (χ3n) is 3.47. The number of carbonyl (C=O) groups is 1. The van der Waals surface area contributed by atoms with Crippen LogP contribution in [-0.2, 0) is 0 Å². The zero-order valence-corrected chi connectivity index (χ0v) is 12.5. The number of hydrogen-bond donors (Lipinski definition) is 2. The molecule has 0 radical (unpaired) electrons. The van der Waals surface area contributed by atoms with Crippen LogP contribution in [0, 0.1) is 0 Å². The van der Waals surface area contributed by atoms with Gasteiger partial charge < -0.3 is 5.11 Å². The molecule has 0 unspecified atom stereocenters. The minimum Gasteiger partial charge on any atom is -0.507 e. The number of aromatic hydroxyl groups is 1. The van der Waals surface area contributed by atoms with Gasteiger partial charge >= 0.3 is 0 Å². The Hall–Kier alpha value is -3.21. The molecule has 5 heteroatoms. The van der Waals surface area contributed by atoms with E-state index >= 15 is 0 Å². The Kier molecular flexibility index (Phi) is 4.01. The molecular formula is C18H15N3O2. The molecule has 3 rings (SSSR count). The van der Waals surface area contributed by atoms with Gasteiger partial charge in [0.15, 0.2) is 0 Å². The molecule has 0 atom stereocenters. The highest BCUT2D eigenvalue weighted by molar-refractivity contribution is 6.03. The number of hydrazone groups is 1. The Morgan fingerprint density at radius 2 is 1.78 bits per heavy atom. The van der Waals surface area contributed by atoms with Crippen molar-refractivity contribution in [2.24, 2.45) is 5.10 Å². The van der Waals surface area contributed by atoms with Crippen LogP contribution >= 0.6 is 0 Å². The highest BCUT2D eigenvalue weighted by atomic mass is 16.3. The molecule has 2 aromatic carbocycles. The van der Waals surface area contributed by atoms with Crippen molar-refractivity contribution in [3.63, 3.8) is 0 Å². The Morgan fingerprint density at radius 1 is 1.09 bits per heavy atom. The molecule has 0 bridgehead atoms. The molecule has 0 saturated heterocycles. The van der Waals surface area contributed by atoms with Gasteiger partial charge in [0.25, 0.3) is 5.91 Å². The Labute approximate surface area is 133 Å². The largest absolute Gasteiger partial charge is 0.507 e. The van der Waals surface area contributed by atoms with Crippen molar-refractivity contribution in [3.8, 4) is 5.75 Å². The maximum Gasteiger partial charge on any atom is 0.275 e. The number of phenols is 1. The first kappa shape index (κ1) is 14.7. The van der Waals surface area contributed by atoms with Crippen LogP contribution in [0.15, 0.2) is 65.9 Å². The molecule has 0 aliphatic heterocycles. The summed E-state index contributed by atoms with van der Waals surface area (Å²) in [7, 11) is 0. The van der Waals surface area contributed by atoms with Crippen molar-refractivity contribution in [1.29, 1.82) is 0 Å². The van der Waals surface area contributed by atoms with Crippen molar-refractivity contribution >= 4 is 22.4 Å². The van der Waals surface area contributed by atoms with E-state index in [1.807, 2.05) is 36.4 Å². The molecule has 0 fully saturated rings. The van der Waals surface area contributed by atoms with Gasteiger partial charge in [-0.1, -0.05) is 30.3 Å². The minimum absolute atomic E-state index is 0.0770. The van der Waals surface area contributed by atoms with Gasteiger partial charge in [-0.05, 0) is 42.0 Å². The average Bonchev–Trinajstić information content (AvgIpc) is 2.59. The van der Waals surface area contributed by atoms with Crippen LogP contribution in [0.3, 0.4) is 0 Å². The Bertz CT molecular complexity index is 889. The number of nitrogens with zero attached hydrogens (tertiary/aromatic N) is 2. The lowest BCUT2D eigenvalue weighted by atomic mass is 10.1. The lowest BCUT2D eigenvalue weighted by molar-refractivity contribution is 0.0952. The van der Waals surface area contributed by atoms with E-state index in [0.29, 0.717) is 11.4 Å². The van der Waals surface area contributed by atoms with Crippen molar-refractivity contribution < 1.29 is 9.90 Å². The number of aromatic nitrogens is 1. The first-order chi connectivity index (χ1) is 11.1.